The Morgan fingerprint density at radius 1 is 1.44 bits per heavy atom. The number of hydrogen-bond acceptors (Lipinski definition) is 1. The molecule has 0 aromatic carbocycles. The second-order valence-electron chi connectivity index (χ2n) is 2.60. The molecule has 0 unspecified atom stereocenters. The largest absolute Gasteiger partial charge is 1.00 e. The second-order valence-corrected chi connectivity index (χ2v) is 7.06. The van der Waals surface area contributed by atoms with E-state index in [1.165, 1.54) is 0 Å². The summed E-state index contributed by atoms with van der Waals surface area (Å²) in [7, 11) is -1.30. The molecule has 0 spiro atoms. The number of hydrogen-bond donors (Lipinski definition) is 0. The van der Waals surface area contributed by atoms with E-state index in [1.807, 2.05) is 0 Å². The summed E-state index contributed by atoms with van der Waals surface area (Å²) in [4.78, 5) is 0. The van der Waals surface area contributed by atoms with Crippen LogP contribution in [0.25, 0.3) is 0 Å². The van der Waals surface area contributed by atoms with Gasteiger partial charge in [0.2, 0.25) is 0 Å². The minimum Gasteiger partial charge on any atom is -0.481 e. The van der Waals surface area contributed by atoms with Crippen LogP contribution in [0.3, 0.4) is 0 Å². The van der Waals surface area contributed by atoms with Gasteiger partial charge in [-0.15, -0.1) is 6.61 Å². The summed E-state index contributed by atoms with van der Waals surface area (Å²) in [5.41, 5.74) is 0. The molecule has 0 atom stereocenters. The van der Waals surface area contributed by atoms with Crippen LogP contribution in [0.2, 0.25) is 19.6 Å². The molecule has 48 valence electrons. The van der Waals surface area contributed by atoms with Crippen LogP contribution in [0.5, 0.6) is 0 Å². The normalized spacial score (nSPS) is 9.67. The quantitative estimate of drug-likeness (QED) is 0.364. The van der Waals surface area contributed by atoms with Gasteiger partial charge in [0.1, 0.15) is 0 Å². The molecule has 0 aliphatic heterocycles. The molecule has 0 bridgehead atoms. The van der Waals surface area contributed by atoms with E-state index < -0.39 is 8.32 Å². The molecule has 0 radical (unpaired) electrons. The molecule has 0 fully saturated rings. The maximum Gasteiger partial charge on any atom is 1.00 e. The van der Waals surface area contributed by atoms with E-state index in [-0.39, 0.29) is 18.9 Å². The maximum atomic E-state index is 5.27. The fourth-order valence-corrected chi connectivity index (χ4v) is 0.757. The third-order valence-electron chi connectivity index (χ3n) is 0.518. The molecule has 0 saturated heterocycles. The van der Waals surface area contributed by atoms with Crippen LogP contribution in [0.15, 0.2) is 12.7 Å². The summed E-state index contributed by atoms with van der Waals surface area (Å²) in [6.45, 7) is 11.6. The first-order chi connectivity index (χ1) is 3.56. The second kappa shape index (κ2) is 5.19. The minimum absolute atomic E-state index is 0. The Hall–Kier alpha value is 0.384. The molecule has 0 aliphatic rings. The van der Waals surface area contributed by atoms with Crippen molar-refractivity contribution in [3.63, 3.8) is 0 Å². The predicted octanol–water partition coefficient (Wildman–Crippen LogP) is -0.810. The average molecular weight is 136 g/mol. The summed E-state index contributed by atoms with van der Waals surface area (Å²) >= 11 is 0. The molecule has 0 amide bonds. The molecule has 0 aromatic heterocycles. The summed E-state index contributed by atoms with van der Waals surface area (Å²) in [6, 6.07) is 0. The van der Waals surface area contributed by atoms with Gasteiger partial charge in [0.25, 0.3) is 0 Å². The van der Waals surface area contributed by atoms with Crippen molar-refractivity contribution < 1.29 is 23.3 Å². The first kappa shape index (κ1) is 12.1. The molecule has 1 nitrogen and oxygen atoms in total. The minimum atomic E-state index is -1.30. The Kier molecular flexibility index (Phi) is 6.98. The maximum absolute atomic E-state index is 5.27. The molecular formula is C6H13LiOSi. The van der Waals surface area contributed by atoms with Crippen molar-refractivity contribution in [2.45, 2.75) is 19.6 Å². The summed E-state index contributed by atoms with van der Waals surface area (Å²) in [5, 5.41) is 0. The smallest absolute Gasteiger partial charge is 0.481 e. The Bertz CT molecular complexity index is 77.6. The van der Waals surface area contributed by atoms with Crippen molar-refractivity contribution in [1.29, 1.82) is 0 Å². The van der Waals surface area contributed by atoms with Crippen molar-refractivity contribution in [2.75, 3.05) is 0 Å². The van der Waals surface area contributed by atoms with Gasteiger partial charge in [-0.3, -0.25) is 0 Å². The van der Waals surface area contributed by atoms with Crippen molar-refractivity contribution in [1.82, 2.24) is 0 Å². The van der Waals surface area contributed by atoms with E-state index in [4.69, 9.17) is 4.43 Å². The molecule has 3 heteroatoms. The van der Waals surface area contributed by atoms with Crippen LogP contribution < -0.4 is 18.9 Å². The van der Waals surface area contributed by atoms with Gasteiger partial charge in [-0.1, -0.05) is 0 Å². The van der Waals surface area contributed by atoms with E-state index in [0.717, 1.165) is 0 Å². The summed E-state index contributed by atoms with van der Waals surface area (Å²) < 4.78 is 5.27. The third-order valence-corrected chi connectivity index (χ3v) is 1.36. The standard InChI is InChI=1S/C6H13OSi.Li/c1-5-6-7-8(2,3)4;/h5-6H,1H2,2-4H3;/q-1;+1. The van der Waals surface area contributed by atoms with Gasteiger partial charge in [0.15, 0.2) is 8.32 Å². The molecule has 0 saturated carbocycles. The fraction of sp³-hybridized carbons (Fsp3) is 0.500. The van der Waals surface area contributed by atoms with Crippen LogP contribution in [-0.2, 0) is 4.43 Å². The van der Waals surface area contributed by atoms with E-state index in [2.05, 4.69) is 26.2 Å². The van der Waals surface area contributed by atoms with Gasteiger partial charge in [0.05, 0.1) is 0 Å². The van der Waals surface area contributed by atoms with Crippen molar-refractivity contribution >= 4 is 8.32 Å². The molecule has 0 aromatic rings. The van der Waals surface area contributed by atoms with Crippen molar-refractivity contribution in [2.24, 2.45) is 0 Å². The Labute approximate surface area is 70.8 Å². The molecule has 0 heterocycles. The first-order valence-corrected chi connectivity index (χ1v) is 6.09. The van der Waals surface area contributed by atoms with Gasteiger partial charge in [-0.2, -0.15) is 0 Å². The van der Waals surface area contributed by atoms with Crippen molar-refractivity contribution in [3.05, 3.63) is 19.3 Å². The van der Waals surface area contributed by atoms with Crippen LogP contribution in [0, 0.1) is 6.61 Å². The SMILES string of the molecule is C=C[CH-]O[Si](C)(C)C.[Li+]. The monoisotopic (exact) mass is 136 g/mol. The summed E-state index contributed by atoms with van der Waals surface area (Å²) in [5.74, 6) is 0. The fourth-order valence-electron chi connectivity index (χ4n) is 0.252. The third kappa shape index (κ3) is 11.8. The Morgan fingerprint density at radius 3 is 2.00 bits per heavy atom. The average Bonchev–Trinajstić information content (AvgIpc) is 1.59. The van der Waals surface area contributed by atoms with E-state index in [9.17, 15) is 0 Å². The zero-order valence-corrected chi connectivity index (χ0v) is 7.77. The molecule has 0 aliphatic carbocycles. The van der Waals surface area contributed by atoms with Gasteiger partial charge in [-0.05, 0) is 19.6 Å². The van der Waals surface area contributed by atoms with E-state index >= 15 is 0 Å². The molecule has 0 N–H and O–H groups in total. The summed E-state index contributed by atoms with van der Waals surface area (Å²) in [6.07, 6.45) is 1.66. The number of rotatable bonds is 3. The van der Waals surface area contributed by atoms with Gasteiger partial charge in [0, 0.05) is 0 Å². The molecular weight excluding hydrogens is 123 g/mol. The van der Waals surface area contributed by atoms with Crippen molar-refractivity contribution in [3.8, 4) is 0 Å². The Morgan fingerprint density at radius 2 is 1.89 bits per heavy atom. The van der Waals surface area contributed by atoms with E-state index in [0.29, 0.717) is 0 Å². The Balaban J connectivity index is 0. The first-order valence-electron chi connectivity index (χ1n) is 2.68. The van der Waals surface area contributed by atoms with Gasteiger partial charge in [-0.25, -0.2) is 12.7 Å². The zero-order valence-electron chi connectivity index (χ0n) is 6.77. The predicted molar refractivity (Wildman–Crippen MR) is 38.9 cm³/mol. The van der Waals surface area contributed by atoms with Crippen LogP contribution >= 0.6 is 0 Å². The molecule has 9 heavy (non-hydrogen) atoms. The zero-order chi connectivity index (χ0) is 6.62. The van der Waals surface area contributed by atoms with Crippen LogP contribution in [-0.4, -0.2) is 8.32 Å². The topological polar surface area (TPSA) is 9.23 Å². The van der Waals surface area contributed by atoms with Crippen LogP contribution in [0.4, 0.5) is 0 Å². The van der Waals surface area contributed by atoms with Gasteiger partial charge >= 0.3 is 18.9 Å². The molecule has 0 rings (SSSR count). The van der Waals surface area contributed by atoms with Crippen LogP contribution in [0.1, 0.15) is 0 Å². The van der Waals surface area contributed by atoms with E-state index in [1.54, 1.807) is 12.7 Å². The van der Waals surface area contributed by atoms with Gasteiger partial charge < -0.3 is 4.43 Å².